The second-order valence-electron chi connectivity index (χ2n) is 9.19. The first-order chi connectivity index (χ1) is 18.2. The predicted molar refractivity (Wildman–Crippen MR) is 128 cm³/mol. The lowest BCUT2D eigenvalue weighted by Crippen LogP contribution is -2.24. The molecule has 194 valence electrons. The van der Waals surface area contributed by atoms with Crippen molar-refractivity contribution in [2.75, 3.05) is 18.0 Å². The Morgan fingerprint density at radius 3 is 2.50 bits per heavy atom. The second-order valence-corrected chi connectivity index (χ2v) is 9.19. The van der Waals surface area contributed by atoms with Gasteiger partial charge in [-0.1, -0.05) is 6.07 Å². The molecule has 1 aliphatic rings. The maximum Gasteiger partial charge on any atom is 0.350 e. The number of ether oxygens (including phenoxy) is 1. The van der Waals surface area contributed by atoms with Gasteiger partial charge in [0, 0.05) is 30.8 Å². The molecule has 2 aromatic carbocycles. The molecule has 0 saturated carbocycles. The van der Waals surface area contributed by atoms with E-state index in [1.807, 2.05) is 11.8 Å². The number of hydrogen-bond acceptors (Lipinski definition) is 6. The van der Waals surface area contributed by atoms with Crippen molar-refractivity contribution in [1.82, 2.24) is 19.3 Å². The van der Waals surface area contributed by atoms with E-state index in [2.05, 4.69) is 16.2 Å². The molecule has 0 N–H and O–H groups in total. The molecule has 12 heteroatoms. The van der Waals surface area contributed by atoms with Crippen molar-refractivity contribution in [3.05, 3.63) is 94.3 Å². The summed E-state index contributed by atoms with van der Waals surface area (Å²) < 4.78 is 64.6. The van der Waals surface area contributed by atoms with E-state index in [-0.39, 0.29) is 22.7 Å². The number of aromatic nitrogens is 4. The zero-order valence-electron chi connectivity index (χ0n) is 20.0. The van der Waals surface area contributed by atoms with Crippen LogP contribution in [-0.2, 0) is 6.54 Å². The molecule has 1 aliphatic heterocycles. The average Bonchev–Trinajstić information content (AvgIpc) is 3.47. The Morgan fingerprint density at radius 2 is 1.82 bits per heavy atom. The SMILES string of the molecule is CC1(C#N)CCN(c2cc(Oc3ccc(-n4ncn(Cc5c(F)cccc5F)c4=O)cc3F)c(F)cn2)C1. The molecule has 0 amide bonds. The third-order valence-electron chi connectivity index (χ3n) is 6.38. The van der Waals surface area contributed by atoms with Crippen molar-refractivity contribution in [3.63, 3.8) is 0 Å². The number of anilines is 1. The lowest BCUT2D eigenvalue weighted by Gasteiger charge is -2.20. The summed E-state index contributed by atoms with van der Waals surface area (Å²) in [5.41, 5.74) is -1.58. The van der Waals surface area contributed by atoms with Crippen LogP contribution in [-0.4, -0.2) is 32.4 Å². The molecule has 1 saturated heterocycles. The van der Waals surface area contributed by atoms with Crippen molar-refractivity contribution in [2.24, 2.45) is 5.41 Å². The van der Waals surface area contributed by atoms with E-state index in [4.69, 9.17) is 4.74 Å². The molecular formula is C26H20F4N6O2. The van der Waals surface area contributed by atoms with Gasteiger partial charge in [-0.15, -0.1) is 0 Å². The molecule has 3 heterocycles. The van der Waals surface area contributed by atoms with E-state index in [0.717, 1.165) is 40.0 Å². The molecule has 0 spiro atoms. The van der Waals surface area contributed by atoms with Gasteiger partial charge in [-0.05, 0) is 37.6 Å². The van der Waals surface area contributed by atoms with Crippen LogP contribution < -0.4 is 15.3 Å². The fourth-order valence-corrected chi connectivity index (χ4v) is 4.21. The Balaban J connectivity index is 1.37. The number of nitriles is 1. The quantitative estimate of drug-likeness (QED) is 0.344. The average molecular weight is 524 g/mol. The minimum absolute atomic E-state index is 0.0244. The van der Waals surface area contributed by atoms with Crippen molar-refractivity contribution in [1.29, 1.82) is 5.26 Å². The standard InChI is InChI=1S/C26H20F4N6O2/c1-26(13-31)7-8-34(14-26)24-10-23(21(30)11-32-24)38-22-6-5-16(9-20(22)29)36-25(37)35(15-33-36)12-17-18(27)3-2-4-19(17)28/h2-6,9-11,15H,7-8,12,14H2,1H3. The predicted octanol–water partition coefficient (Wildman–Crippen LogP) is 4.57. The number of benzene rings is 2. The smallest absolute Gasteiger partial charge is 0.350 e. The van der Waals surface area contributed by atoms with Crippen LogP contribution in [0.3, 0.4) is 0 Å². The van der Waals surface area contributed by atoms with Gasteiger partial charge in [-0.3, -0.25) is 4.57 Å². The molecular weight excluding hydrogens is 504 g/mol. The normalized spacial score (nSPS) is 17.0. The highest BCUT2D eigenvalue weighted by atomic mass is 19.1. The van der Waals surface area contributed by atoms with E-state index < -0.39 is 40.9 Å². The van der Waals surface area contributed by atoms with E-state index in [0.29, 0.717) is 25.3 Å². The van der Waals surface area contributed by atoms with Crippen LogP contribution in [0.5, 0.6) is 11.5 Å². The van der Waals surface area contributed by atoms with Gasteiger partial charge < -0.3 is 9.64 Å². The molecule has 2 aromatic heterocycles. The summed E-state index contributed by atoms with van der Waals surface area (Å²) in [5, 5.41) is 13.2. The molecule has 8 nitrogen and oxygen atoms in total. The van der Waals surface area contributed by atoms with Gasteiger partial charge in [-0.25, -0.2) is 27.3 Å². The Kier molecular flexibility index (Phi) is 6.36. The monoisotopic (exact) mass is 524 g/mol. The topological polar surface area (TPSA) is 89.0 Å². The third-order valence-corrected chi connectivity index (χ3v) is 6.38. The fourth-order valence-electron chi connectivity index (χ4n) is 4.21. The molecule has 38 heavy (non-hydrogen) atoms. The summed E-state index contributed by atoms with van der Waals surface area (Å²) in [6, 6.07) is 10.5. The zero-order chi connectivity index (χ0) is 27.0. The Morgan fingerprint density at radius 1 is 1.05 bits per heavy atom. The van der Waals surface area contributed by atoms with Crippen molar-refractivity contribution < 1.29 is 22.3 Å². The highest BCUT2D eigenvalue weighted by Crippen LogP contribution is 2.35. The van der Waals surface area contributed by atoms with Crippen molar-refractivity contribution >= 4 is 5.82 Å². The first-order valence-electron chi connectivity index (χ1n) is 11.5. The molecule has 1 fully saturated rings. The van der Waals surface area contributed by atoms with Gasteiger partial charge in [0.25, 0.3) is 0 Å². The van der Waals surface area contributed by atoms with Gasteiger partial charge in [0.05, 0.1) is 29.9 Å². The molecule has 4 aromatic rings. The largest absolute Gasteiger partial charge is 0.451 e. The lowest BCUT2D eigenvalue weighted by molar-refractivity contribution is 0.413. The Hall–Kier alpha value is -4.66. The maximum absolute atomic E-state index is 14.9. The van der Waals surface area contributed by atoms with Crippen LogP contribution in [0, 0.1) is 40.0 Å². The van der Waals surface area contributed by atoms with Crippen molar-refractivity contribution in [3.8, 4) is 23.3 Å². The second kappa shape index (κ2) is 9.66. The summed E-state index contributed by atoms with van der Waals surface area (Å²) in [4.78, 5) is 18.6. The van der Waals surface area contributed by atoms with E-state index in [9.17, 15) is 27.6 Å². The van der Waals surface area contributed by atoms with Crippen LogP contribution in [0.4, 0.5) is 23.4 Å². The highest BCUT2D eigenvalue weighted by Gasteiger charge is 2.34. The molecule has 0 aliphatic carbocycles. The minimum Gasteiger partial charge on any atom is -0.451 e. The lowest BCUT2D eigenvalue weighted by atomic mass is 9.92. The number of halogens is 4. The van der Waals surface area contributed by atoms with Gasteiger partial charge >= 0.3 is 5.69 Å². The maximum atomic E-state index is 14.9. The Bertz CT molecular complexity index is 1610. The summed E-state index contributed by atoms with van der Waals surface area (Å²) in [6.45, 7) is 2.39. The van der Waals surface area contributed by atoms with Gasteiger partial charge in [0.15, 0.2) is 23.1 Å². The fraction of sp³-hybridized carbons (Fsp3) is 0.231. The first kappa shape index (κ1) is 25.0. The molecule has 5 rings (SSSR count). The van der Waals surface area contributed by atoms with Crippen molar-refractivity contribution in [2.45, 2.75) is 19.9 Å². The Labute approximate surface area is 213 Å². The van der Waals surface area contributed by atoms with Crippen LogP contribution in [0.25, 0.3) is 5.69 Å². The van der Waals surface area contributed by atoms with E-state index >= 15 is 0 Å². The van der Waals surface area contributed by atoms with Crippen LogP contribution in [0.2, 0.25) is 0 Å². The van der Waals surface area contributed by atoms with Crippen LogP contribution >= 0.6 is 0 Å². The summed E-state index contributed by atoms with van der Waals surface area (Å²) in [6.07, 6.45) is 2.67. The summed E-state index contributed by atoms with van der Waals surface area (Å²) >= 11 is 0. The highest BCUT2D eigenvalue weighted by molar-refractivity contribution is 5.48. The zero-order valence-corrected chi connectivity index (χ0v) is 20.0. The minimum atomic E-state index is -0.903. The van der Waals surface area contributed by atoms with Gasteiger partial charge in [0.2, 0.25) is 0 Å². The van der Waals surface area contributed by atoms with Crippen LogP contribution in [0.1, 0.15) is 18.9 Å². The number of nitrogens with zero attached hydrogens (tertiary/aromatic N) is 6. The molecule has 1 atom stereocenters. The summed E-state index contributed by atoms with van der Waals surface area (Å²) in [5.74, 6) is -3.52. The number of pyridine rings is 1. The summed E-state index contributed by atoms with van der Waals surface area (Å²) in [7, 11) is 0. The van der Waals surface area contributed by atoms with Gasteiger partial charge in [-0.2, -0.15) is 15.0 Å². The molecule has 0 radical (unpaired) electrons. The van der Waals surface area contributed by atoms with E-state index in [1.165, 1.54) is 24.3 Å². The third kappa shape index (κ3) is 4.70. The van der Waals surface area contributed by atoms with Gasteiger partial charge in [0.1, 0.15) is 23.8 Å². The number of rotatable bonds is 6. The first-order valence-corrected chi connectivity index (χ1v) is 11.5. The molecule has 1 unspecified atom stereocenters. The molecule has 0 bridgehead atoms. The number of hydrogen-bond donors (Lipinski definition) is 0. The van der Waals surface area contributed by atoms with E-state index in [1.54, 1.807) is 0 Å². The van der Waals surface area contributed by atoms with Crippen LogP contribution in [0.15, 0.2) is 59.8 Å².